The molecule has 1 aromatic carbocycles. The van der Waals surface area contributed by atoms with E-state index in [1.54, 1.807) is 0 Å². The molecule has 128 valence electrons. The van der Waals surface area contributed by atoms with Crippen LogP contribution in [0.25, 0.3) is 0 Å². The van der Waals surface area contributed by atoms with E-state index in [0.717, 1.165) is 61.5 Å². The molecule has 4 nitrogen and oxygen atoms in total. The van der Waals surface area contributed by atoms with Crippen molar-refractivity contribution >= 4 is 17.4 Å². The van der Waals surface area contributed by atoms with Crippen LogP contribution >= 0.6 is 11.6 Å². The molecule has 0 amide bonds. The molecule has 0 saturated carbocycles. The number of hydrogen-bond donors (Lipinski definition) is 0. The van der Waals surface area contributed by atoms with Crippen molar-refractivity contribution in [3.8, 4) is 0 Å². The molecule has 0 bridgehead atoms. The highest BCUT2D eigenvalue weighted by Gasteiger charge is 2.21. The van der Waals surface area contributed by atoms with Gasteiger partial charge >= 0.3 is 0 Å². The summed E-state index contributed by atoms with van der Waals surface area (Å²) in [7, 11) is 0. The number of halogens is 1. The topological polar surface area (TPSA) is 38.2 Å². The van der Waals surface area contributed by atoms with Crippen molar-refractivity contribution in [2.45, 2.75) is 39.2 Å². The fourth-order valence-corrected chi connectivity index (χ4v) is 3.19. The van der Waals surface area contributed by atoms with E-state index >= 15 is 0 Å². The van der Waals surface area contributed by atoms with E-state index in [2.05, 4.69) is 40.0 Å². The fourth-order valence-electron chi connectivity index (χ4n) is 3.07. The van der Waals surface area contributed by atoms with Gasteiger partial charge in [-0.05, 0) is 37.5 Å². The van der Waals surface area contributed by atoms with E-state index in [1.807, 2.05) is 19.1 Å². The van der Waals surface area contributed by atoms with Crippen molar-refractivity contribution in [1.29, 1.82) is 0 Å². The summed E-state index contributed by atoms with van der Waals surface area (Å²) in [6, 6.07) is 10.2. The lowest BCUT2D eigenvalue weighted by Gasteiger charge is -2.24. The van der Waals surface area contributed by atoms with E-state index in [9.17, 15) is 0 Å². The number of hydrogen-bond acceptors (Lipinski definition) is 4. The van der Waals surface area contributed by atoms with Gasteiger partial charge in [0.25, 0.3) is 0 Å². The maximum Gasteiger partial charge on any atom is 0.132 e. The molecule has 1 aliphatic heterocycles. The van der Waals surface area contributed by atoms with E-state index in [-0.39, 0.29) is 0 Å². The Kier molecular flexibility index (Phi) is 5.69. The first-order chi connectivity index (χ1) is 11.7. The van der Waals surface area contributed by atoms with Crippen LogP contribution in [0.4, 0.5) is 5.82 Å². The van der Waals surface area contributed by atoms with Crippen molar-refractivity contribution < 1.29 is 4.74 Å². The highest BCUT2D eigenvalue weighted by Crippen LogP contribution is 2.27. The standard InChI is InChI=1S/C19H24ClN3O/c1-3-9-23(12-15-4-6-17(20)7-5-15)19-11-18(21-14(2)22-19)16-8-10-24-13-16/h4-7,11,16H,3,8-10,12-13H2,1-2H3/t16-/m1/s1. The second kappa shape index (κ2) is 7.95. The zero-order valence-electron chi connectivity index (χ0n) is 14.3. The minimum atomic E-state index is 0.393. The second-order valence-electron chi connectivity index (χ2n) is 6.31. The Bertz CT molecular complexity index is 669. The summed E-state index contributed by atoms with van der Waals surface area (Å²) in [6.07, 6.45) is 2.11. The third-order valence-electron chi connectivity index (χ3n) is 4.30. The van der Waals surface area contributed by atoms with Gasteiger partial charge in [-0.25, -0.2) is 9.97 Å². The fraction of sp³-hybridized carbons (Fsp3) is 0.474. The highest BCUT2D eigenvalue weighted by molar-refractivity contribution is 6.30. The summed E-state index contributed by atoms with van der Waals surface area (Å²) in [4.78, 5) is 11.6. The van der Waals surface area contributed by atoms with Crippen molar-refractivity contribution in [1.82, 2.24) is 9.97 Å². The van der Waals surface area contributed by atoms with Crippen LogP contribution in [0, 0.1) is 6.92 Å². The Hall–Kier alpha value is -1.65. The number of ether oxygens (including phenoxy) is 1. The summed E-state index contributed by atoms with van der Waals surface area (Å²) < 4.78 is 5.52. The van der Waals surface area contributed by atoms with Gasteiger partial charge in [0.15, 0.2) is 0 Å². The molecular weight excluding hydrogens is 322 g/mol. The molecule has 1 fully saturated rings. The van der Waals surface area contributed by atoms with Gasteiger partial charge in [0.05, 0.1) is 12.3 Å². The Labute approximate surface area is 148 Å². The summed E-state index contributed by atoms with van der Waals surface area (Å²) >= 11 is 5.99. The number of aromatic nitrogens is 2. The molecule has 1 aromatic heterocycles. The van der Waals surface area contributed by atoms with Gasteiger partial charge in [-0.1, -0.05) is 30.7 Å². The van der Waals surface area contributed by atoms with Gasteiger partial charge < -0.3 is 9.64 Å². The predicted octanol–water partition coefficient (Wildman–Crippen LogP) is 4.36. The first kappa shape index (κ1) is 17.2. The molecule has 5 heteroatoms. The largest absolute Gasteiger partial charge is 0.381 e. The lowest BCUT2D eigenvalue weighted by molar-refractivity contribution is 0.193. The molecule has 2 aromatic rings. The van der Waals surface area contributed by atoms with Crippen molar-refractivity contribution in [2.75, 3.05) is 24.7 Å². The molecule has 24 heavy (non-hydrogen) atoms. The Morgan fingerprint density at radius 1 is 1.25 bits per heavy atom. The van der Waals surface area contributed by atoms with Crippen LogP contribution in [0.5, 0.6) is 0 Å². The highest BCUT2D eigenvalue weighted by atomic mass is 35.5. The lowest BCUT2D eigenvalue weighted by Crippen LogP contribution is -2.25. The molecule has 1 atom stereocenters. The van der Waals surface area contributed by atoms with Crippen LogP contribution in [-0.4, -0.2) is 29.7 Å². The molecule has 2 heterocycles. The van der Waals surface area contributed by atoms with Gasteiger partial charge in [-0.2, -0.15) is 0 Å². The number of nitrogens with zero attached hydrogens (tertiary/aromatic N) is 3. The van der Waals surface area contributed by atoms with Crippen LogP contribution in [0.2, 0.25) is 5.02 Å². The first-order valence-electron chi connectivity index (χ1n) is 8.58. The lowest BCUT2D eigenvalue weighted by atomic mass is 10.0. The first-order valence-corrected chi connectivity index (χ1v) is 8.96. The van der Waals surface area contributed by atoms with Gasteiger partial charge in [0.2, 0.25) is 0 Å². The third-order valence-corrected chi connectivity index (χ3v) is 4.55. The van der Waals surface area contributed by atoms with Crippen molar-refractivity contribution in [3.63, 3.8) is 0 Å². The van der Waals surface area contributed by atoms with Crippen molar-refractivity contribution in [3.05, 3.63) is 52.4 Å². The van der Waals surface area contributed by atoms with Crippen LogP contribution < -0.4 is 4.90 Å². The summed E-state index contributed by atoms with van der Waals surface area (Å²) in [5.74, 6) is 2.22. The van der Waals surface area contributed by atoms with Crippen LogP contribution in [0.3, 0.4) is 0 Å². The summed E-state index contributed by atoms with van der Waals surface area (Å²) in [5.41, 5.74) is 2.34. The predicted molar refractivity (Wildman–Crippen MR) is 97.7 cm³/mol. The van der Waals surface area contributed by atoms with E-state index < -0.39 is 0 Å². The number of anilines is 1. The maximum absolute atomic E-state index is 5.99. The molecule has 0 aliphatic carbocycles. The number of rotatable bonds is 6. The van der Waals surface area contributed by atoms with Gasteiger partial charge in [0.1, 0.15) is 11.6 Å². The van der Waals surface area contributed by atoms with Gasteiger partial charge in [0, 0.05) is 36.7 Å². The zero-order valence-corrected chi connectivity index (χ0v) is 15.1. The Morgan fingerprint density at radius 2 is 2.04 bits per heavy atom. The molecule has 0 spiro atoms. The average Bonchev–Trinajstić information content (AvgIpc) is 3.10. The summed E-state index contributed by atoms with van der Waals surface area (Å²) in [6.45, 7) is 7.53. The quantitative estimate of drug-likeness (QED) is 0.779. The third kappa shape index (κ3) is 4.25. The van der Waals surface area contributed by atoms with Gasteiger partial charge in [-0.15, -0.1) is 0 Å². The smallest absolute Gasteiger partial charge is 0.132 e. The Morgan fingerprint density at radius 3 is 2.71 bits per heavy atom. The van der Waals surface area contributed by atoms with Crippen LogP contribution in [0.15, 0.2) is 30.3 Å². The Balaban J connectivity index is 1.85. The zero-order chi connectivity index (χ0) is 16.9. The molecule has 0 N–H and O–H groups in total. The van der Waals surface area contributed by atoms with E-state index in [0.29, 0.717) is 5.92 Å². The minimum absolute atomic E-state index is 0.393. The van der Waals surface area contributed by atoms with Crippen LogP contribution in [-0.2, 0) is 11.3 Å². The van der Waals surface area contributed by atoms with Crippen LogP contribution in [0.1, 0.15) is 42.8 Å². The maximum atomic E-state index is 5.99. The molecule has 0 radical (unpaired) electrons. The molecule has 3 rings (SSSR count). The second-order valence-corrected chi connectivity index (χ2v) is 6.74. The average molecular weight is 346 g/mol. The van der Waals surface area contributed by atoms with Gasteiger partial charge in [-0.3, -0.25) is 0 Å². The molecular formula is C19H24ClN3O. The number of aryl methyl sites for hydroxylation is 1. The molecule has 1 saturated heterocycles. The van der Waals surface area contributed by atoms with E-state index in [1.165, 1.54) is 5.56 Å². The SMILES string of the molecule is CCCN(Cc1ccc(Cl)cc1)c1cc([C@@H]2CCOC2)nc(C)n1. The normalized spacial score (nSPS) is 17.2. The number of benzene rings is 1. The monoisotopic (exact) mass is 345 g/mol. The molecule has 1 aliphatic rings. The summed E-state index contributed by atoms with van der Waals surface area (Å²) in [5, 5.41) is 0.766. The van der Waals surface area contributed by atoms with E-state index in [4.69, 9.17) is 16.3 Å². The molecule has 0 unspecified atom stereocenters. The minimum Gasteiger partial charge on any atom is -0.381 e. The van der Waals surface area contributed by atoms with Crippen molar-refractivity contribution in [2.24, 2.45) is 0 Å².